The normalized spacial score (nSPS) is 11.8. The van der Waals surface area contributed by atoms with E-state index in [9.17, 15) is 4.79 Å². The minimum atomic E-state index is -0.401. The van der Waals surface area contributed by atoms with Crippen LogP contribution in [0.15, 0.2) is 42.5 Å². The van der Waals surface area contributed by atoms with Gasteiger partial charge in [0.2, 0.25) is 5.91 Å². The minimum absolute atomic E-state index is 0.175. The van der Waals surface area contributed by atoms with Gasteiger partial charge in [-0.15, -0.1) is 0 Å². The van der Waals surface area contributed by atoms with Gasteiger partial charge in [0.25, 0.3) is 0 Å². The Morgan fingerprint density at radius 3 is 2.68 bits per heavy atom. The molecule has 116 valence electrons. The fourth-order valence-corrected chi connectivity index (χ4v) is 2.37. The van der Waals surface area contributed by atoms with Gasteiger partial charge in [-0.1, -0.05) is 42.3 Å². The van der Waals surface area contributed by atoms with Gasteiger partial charge in [0.05, 0.1) is 10.7 Å². The average Bonchev–Trinajstić information content (AvgIpc) is 2.51. The van der Waals surface area contributed by atoms with Crippen molar-refractivity contribution in [1.82, 2.24) is 0 Å². The number of benzene rings is 2. The molecule has 0 aliphatic carbocycles. The Hall–Kier alpha value is -1.71. The Morgan fingerprint density at radius 1 is 1.18 bits per heavy atom. The smallest absolute Gasteiger partial charge is 0.246 e. The lowest BCUT2D eigenvalue weighted by Crippen LogP contribution is -2.32. The zero-order valence-electron chi connectivity index (χ0n) is 12.5. The van der Waals surface area contributed by atoms with Crippen LogP contribution in [0, 0.1) is 0 Å². The molecule has 0 saturated carbocycles. The largest absolute Gasteiger partial charge is 0.374 e. The van der Waals surface area contributed by atoms with Crippen LogP contribution in [0.5, 0.6) is 0 Å². The first kappa shape index (κ1) is 16.7. The first-order valence-electron chi connectivity index (χ1n) is 7.11. The van der Waals surface area contributed by atoms with E-state index in [0.717, 1.165) is 12.1 Å². The lowest BCUT2D eigenvalue weighted by molar-refractivity contribution is -0.116. The summed E-state index contributed by atoms with van der Waals surface area (Å²) in [6.07, 6.45) is 0.953. The van der Waals surface area contributed by atoms with Gasteiger partial charge in [0.15, 0.2) is 0 Å². The van der Waals surface area contributed by atoms with Crippen LogP contribution in [0.2, 0.25) is 10.0 Å². The topological polar surface area (TPSA) is 41.1 Å². The molecule has 22 heavy (non-hydrogen) atoms. The Bertz CT molecular complexity index is 673. The number of rotatable bonds is 5. The van der Waals surface area contributed by atoms with Crippen molar-refractivity contribution in [3.8, 4) is 0 Å². The highest BCUT2D eigenvalue weighted by Gasteiger charge is 2.14. The molecule has 2 aromatic carbocycles. The van der Waals surface area contributed by atoms with Gasteiger partial charge >= 0.3 is 0 Å². The molecule has 0 aliphatic rings. The summed E-state index contributed by atoms with van der Waals surface area (Å²) in [5.74, 6) is -0.175. The number of anilines is 2. The van der Waals surface area contributed by atoms with Crippen LogP contribution in [0.3, 0.4) is 0 Å². The highest BCUT2D eigenvalue weighted by molar-refractivity contribution is 6.35. The Morgan fingerprint density at radius 2 is 1.95 bits per heavy atom. The molecule has 0 bridgehead atoms. The van der Waals surface area contributed by atoms with Crippen molar-refractivity contribution in [2.45, 2.75) is 26.3 Å². The fraction of sp³-hybridized carbons (Fsp3) is 0.235. The lowest BCUT2D eigenvalue weighted by Gasteiger charge is -2.16. The summed E-state index contributed by atoms with van der Waals surface area (Å²) in [6.45, 7) is 3.89. The van der Waals surface area contributed by atoms with Gasteiger partial charge in [0, 0.05) is 10.7 Å². The van der Waals surface area contributed by atoms with Crippen LogP contribution in [-0.2, 0) is 11.2 Å². The molecule has 2 rings (SSSR count). The van der Waals surface area contributed by atoms with E-state index >= 15 is 0 Å². The molecule has 1 atom stereocenters. The van der Waals surface area contributed by atoms with Crippen molar-refractivity contribution in [2.75, 3.05) is 10.6 Å². The summed E-state index contributed by atoms with van der Waals surface area (Å²) in [7, 11) is 0. The van der Waals surface area contributed by atoms with Gasteiger partial charge in [-0.3, -0.25) is 4.79 Å². The van der Waals surface area contributed by atoms with Crippen molar-refractivity contribution in [2.24, 2.45) is 0 Å². The number of halogens is 2. The minimum Gasteiger partial charge on any atom is -0.374 e. The van der Waals surface area contributed by atoms with Crippen LogP contribution in [0.1, 0.15) is 19.4 Å². The van der Waals surface area contributed by atoms with E-state index in [-0.39, 0.29) is 5.91 Å². The van der Waals surface area contributed by atoms with E-state index in [1.165, 1.54) is 5.56 Å². The zero-order valence-corrected chi connectivity index (χ0v) is 14.0. The zero-order chi connectivity index (χ0) is 16.1. The molecule has 0 unspecified atom stereocenters. The summed E-state index contributed by atoms with van der Waals surface area (Å²) in [6, 6.07) is 12.6. The molecular weight excluding hydrogens is 319 g/mol. The monoisotopic (exact) mass is 336 g/mol. The number of carbonyl (C=O) groups excluding carboxylic acids is 1. The van der Waals surface area contributed by atoms with Gasteiger partial charge in [-0.2, -0.15) is 0 Å². The van der Waals surface area contributed by atoms with Gasteiger partial charge in [-0.05, 0) is 49.2 Å². The van der Waals surface area contributed by atoms with Crippen LogP contribution in [0.25, 0.3) is 0 Å². The van der Waals surface area contributed by atoms with Gasteiger partial charge < -0.3 is 10.6 Å². The fourth-order valence-electron chi connectivity index (χ4n) is 2.03. The number of carbonyl (C=O) groups is 1. The van der Waals surface area contributed by atoms with Crippen molar-refractivity contribution < 1.29 is 4.79 Å². The number of hydrogen-bond acceptors (Lipinski definition) is 2. The van der Waals surface area contributed by atoms with Crippen molar-refractivity contribution in [1.29, 1.82) is 0 Å². The Balaban J connectivity index is 2.04. The molecule has 1 amide bonds. The highest BCUT2D eigenvalue weighted by Crippen LogP contribution is 2.25. The molecular formula is C17H18Cl2N2O. The predicted octanol–water partition coefficient (Wildman–Crippen LogP) is 4.99. The Kier molecular flexibility index (Phi) is 5.69. The standard InChI is InChI=1S/C17H18Cl2N2O/c1-3-12-5-4-6-14(9-12)20-11(2)17(22)21-16-10-13(18)7-8-15(16)19/h4-11,20H,3H2,1-2H3,(H,21,22)/t11-/m1/s1. The third-order valence-corrected chi connectivity index (χ3v) is 3.86. The molecule has 0 radical (unpaired) electrons. The third kappa shape index (κ3) is 4.39. The quantitative estimate of drug-likeness (QED) is 0.806. The van der Waals surface area contributed by atoms with Crippen molar-refractivity contribution in [3.63, 3.8) is 0 Å². The molecule has 0 fully saturated rings. The van der Waals surface area contributed by atoms with Gasteiger partial charge in [0.1, 0.15) is 6.04 Å². The van der Waals surface area contributed by atoms with E-state index in [0.29, 0.717) is 15.7 Å². The predicted molar refractivity (Wildman–Crippen MR) is 94.0 cm³/mol. The van der Waals surface area contributed by atoms with Crippen LogP contribution >= 0.6 is 23.2 Å². The van der Waals surface area contributed by atoms with Crippen molar-refractivity contribution in [3.05, 3.63) is 58.1 Å². The SMILES string of the molecule is CCc1cccc(N[C@H](C)C(=O)Nc2cc(Cl)ccc2Cl)c1. The number of nitrogens with one attached hydrogen (secondary N) is 2. The first-order chi connectivity index (χ1) is 10.5. The van der Waals surface area contributed by atoms with E-state index in [1.54, 1.807) is 25.1 Å². The van der Waals surface area contributed by atoms with Crippen LogP contribution in [0.4, 0.5) is 11.4 Å². The molecule has 5 heteroatoms. The third-order valence-electron chi connectivity index (χ3n) is 3.30. The summed E-state index contributed by atoms with van der Waals surface area (Å²) in [5.41, 5.74) is 2.64. The maximum absolute atomic E-state index is 12.3. The van der Waals surface area contributed by atoms with Crippen molar-refractivity contribution >= 4 is 40.5 Å². The van der Waals surface area contributed by atoms with E-state index in [4.69, 9.17) is 23.2 Å². The maximum atomic E-state index is 12.3. The van der Waals surface area contributed by atoms with Crippen LogP contribution < -0.4 is 10.6 Å². The van der Waals surface area contributed by atoms with E-state index in [1.807, 2.05) is 18.2 Å². The molecule has 3 nitrogen and oxygen atoms in total. The molecule has 2 aromatic rings. The lowest BCUT2D eigenvalue weighted by atomic mass is 10.1. The second kappa shape index (κ2) is 7.52. The number of amides is 1. The first-order valence-corrected chi connectivity index (χ1v) is 7.86. The number of aryl methyl sites for hydroxylation is 1. The van der Waals surface area contributed by atoms with Gasteiger partial charge in [-0.25, -0.2) is 0 Å². The maximum Gasteiger partial charge on any atom is 0.246 e. The molecule has 2 N–H and O–H groups in total. The van der Waals surface area contributed by atoms with E-state index < -0.39 is 6.04 Å². The molecule has 0 saturated heterocycles. The summed E-state index contributed by atoms with van der Waals surface area (Å²) in [5, 5.41) is 6.94. The highest BCUT2D eigenvalue weighted by atomic mass is 35.5. The Labute approximate surface area is 140 Å². The molecule has 0 heterocycles. The molecule has 0 aromatic heterocycles. The summed E-state index contributed by atoms with van der Waals surface area (Å²) < 4.78 is 0. The molecule has 0 aliphatic heterocycles. The molecule has 0 spiro atoms. The summed E-state index contributed by atoms with van der Waals surface area (Å²) >= 11 is 12.0. The second-order valence-electron chi connectivity index (χ2n) is 5.03. The van der Waals surface area contributed by atoms with Crippen LogP contribution in [-0.4, -0.2) is 11.9 Å². The second-order valence-corrected chi connectivity index (χ2v) is 5.88. The van der Waals surface area contributed by atoms with E-state index in [2.05, 4.69) is 23.6 Å². The average molecular weight is 337 g/mol. The summed E-state index contributed by atoms with van der Waals surface area (Å²) in [4.78, 5) is 12.3. The number of hydrogen-bond donors (Lipinski definition) is 2.